The van der Waals surface area contributed by atoms with Crippen LogP contribution in [0, 0.1) is 0 Å². The van der Waals surface area contributed by atoms with Crippen LogP contribution in [0.25, 0.3) is 0 Å². The molecule has 1 N–H and O–H groups in total. The molecule has 2 aliphatic rings. The molecule has 0 bridgehead atoms. The number of rotatable bonds is 5. The van der Waals surface area contributed by atoms with Crippen molar-refractivity contribution in [3.05, 3.63) is 58.6 Å². The molecule has 1 saturated heterocycles. The molecule has 6 nitrogen and oxygen atoms in total. The van der Waals surface area contributed by atoms with Gasteiger partial charge in [0.25, 0.3) is 0 Å². The molecule has 154 valence electrons. The standard InChI is InChI=1S/C21H24BrN3O3S/c1-24-11-13-25(14-12-24)29(27,28)19-4-2-3-18(15-19)23-20(26)21(9-10-21)16-5-7-17(22)8-6-16/h2-8,15H,9-14H2,1H3,(H,23,26). The molecule has 8 heteroatoms. The lowest BCUT2D eigenvalue weighted by Crippen LogP contribution is -2.47. The Bertz CT molecular complexity index is 1010. The Kier molecular flexibility index (Phi) is 5.54. The second kappa shape index (κ2) is 7.83. The number of anilines is 1. The fourth-order valence-electron chi connectivity index (χ4n) is 3.70. The smallest absolute Gasteiger partial charge is 0.243 e. The third-order valence-electron chi connectivity index (χ3n) is 5.77. The third-order valence-corrected chi connectivity index (χ3v) is 8.20. The number of sulfonamides is 1. The van der Waals surface area contributed by atoms with Gasteiger partial charge in [-0.15, -0.1) is 0 Å². The van der Waals surface area contributed by atoms with Crippen LogP contribution in [0.2, 0.25) is 0 Å². The topological polar surface area (TPSA) is 69.7 Å². The van der Waals surface area contributed by atoms with Gasteiger partial charge in [0.2, 0.25) is 15.9 Å². The molecule has 0 aromatic heterocycles. The second-order valence-corrected chi connectivity index (χ2v) is 10.6. The molecule has 2 fully saturated rings. The molecule has 2 aromatic rings. The minimum Gasteiger partial charge on any atom is -0.325 e. The Labute approximate surface area is 180 Å². The summed E-state index contributed by atoms with van der Waals surface area (Å²) in [5.74, 6) is -0.0889. The molecule has 1 saturated carbocycles. The van der Waals surface area contributed by atoms with E-state index in [4.69, 9.17) is 0 Å². The van der Waals surface area contributed by atoms with E-state index >= 15 is 0 Å². The Morgan fingerprint density at radius 1 is 1.03 bits per heavy atom. The van der Waals surface area contributed by atoms with Crippen molar-refractivity contribution in [2.75, 3.05) is 38.5 Å². The van der Waals surface area contributed by atoms with Gasteiger partial charge in [-0.3, -0.25) is 4.79 Å². The molecule has 4 rings (SSSR count). The summed E-state index contributed by atoms with van der Waals surface area (Å²) in [6, 6.07) is 14.4. The summed E-state index contributed by atoms with van der Waals surface area (Å²) in [6.45, 7) is 2.38. The van der Waals surface area contributed by atoms with Crippen molar-refractivity contribution >= 4 is 37.5 Å². The van der Waals surface area contributed by atoms with Crippen molar-refractivity contribution < 1.29 is 13.2 Å². The lowest BCUT2D eigenvalue weighted by Gasteiger charge is -2.31. The highest BCUT2D eigenvalue weighted by Crippen LogP contribution is 2.49. The molecule has 1 aliphatic carbocycles. The van der Waals surface area contributed by atoms with Gasteiger partial charge < -0.3 is 10.2 Å². The van der Waals surface area contributed by atoms with Gasteiger partial charge in [0.1, 0.15) is 0 Å². The van der Waals surface area contributed by atoms with E-state index < -0.39 is 15.4 Å². The molecule has 0 atom stereocenters. The normalized spacial score (nSPS) is 19.7. The maximum Gasteiger partial charge on any atom is 0.243 e. The quantitative estimate of drug-likeness (QED) is 0.718. The van der Waals surface area contributed by atoms with Crippen LogP contribution >= 0.6 is 15.9 Å². The Balaban J connectivity index is 1.52. The number of carbonyl (C=O) groups is 1. The van der Waals surface area contributed by atoms with Crippen molar-refractivity contribution in [3.63, 3.8) is 0 Å². The van der Waals surface area contributed by atoms with Gasteiger partial charge in [0, 0.05) is 36.3 Å². The summed E-state index contributed by atoms with van der Waals surface area (Å²) < 4.78 is 28.5. The van der Waals surface area contributed by atoms with Gasteiger partial charge in [0.15, 0.2) is 0 Å². The molecule has 1 amide bonds. The molecular formula is C21H24BrN3O3S. The van der Waals surface area contributed by atoms with Crippen molar-refractivity contribution in [2.24, 2.45) is 0 Å². The first-order chi connectivity index (χ1) is 13.8. The van der Waals surface area contributed by atoms with Crippen molar-refractivity contribution in [1.29, 1.82) is 0 Å². The number of likely N-dealkylation sites (N-methyl/N-ethyl adjacent to an activating group) is 1. The molecular weight excluding hydrogens is 454 g/mol. The molecule has 2 aromatic carbocycles. The van der Waals surface area contributed by atoms with Gasteiger partial charge in [-0.05, 0) is 55.8 Å². The number of halogens is 1. The van der Waals surface area contributed by atoms with Crippen LogP contribution in [0.3, 0.4) is 0 Å². The van der Waals surface area contributed by atoms with E-state index in [1.54, 1.807) is 24.3 Å². The highest BCUT2D eigenvalue weighted by molar-refractivity contribution is 9.10. The van der Waals surface area contributed by atoms with Crippen LogP contribution < -0.4 is 5.32 Å². The van der Waals surface area contributed by atoms with E-state index in [-0.39, 0.29) is 10.8 Å². The summed E-state index contributed by atoms with van der Waals surface area (Å²) in [7, 11) is -1.58. The molecule has 0 spiro atoms. The maximum absolute atomic E-state index is 13.0. The van der Waals surface area contributed by atoms with Gasteiger partial charge in [0.05, 0.1) is 10.3 Å². The summed E-state index contributed by atoms with van der Waals surface area (Å²) in [4.78, 5) is 15.3. The van der Waals surface area contributed by atoms with Crippen LogP contribution in [0.4, 0.5) is 5.69 Å². The van der Waals surface area contributed by atoms with Crippen molar-refractivity contribution in [1.82, 2.24) is 9.21 Å². The van der Waals surface area contributed by atoms with Gasteiger partial charge in [-0.2, -0.15) is 4.31 Å². The summed E-state index contributed by atoms with van der Waals surface area (Å²) in [6.07, 6.45) is 1.58. The first-order valence-electron chi connectivity index (χ1n) is 9.68. The Morgan fingerprint density at radius 2 is 1.69 bits per heavy atom. The van der Waals surface area contributed by atoms with Crippen LogP contribution in [-0.4, -0.2) is 56.8 Å². The first kappa shape index (κ1) is 20.5. The second-order valence-electron chi connectivity index (χ2n) is 7.78. The van der Waals surface area contributed by atoms with E-state index in [9.17, 15) is 13.2 Å². The number of hydrogen-bond acceptors (Lipinski definition) is 4. The van der Waals surface area contributed by atoms with E-state index in [1.165, 1.54) is 4.31 Å². The zero-order chi connectivity index (χ0) is 20.6. The highest BCUT2D eigenvalue weighted by Gasteiger charge is 2.51. The van der Waals surface area contributed by atoms with Crippen LogP contribution in [0.1, 0.15) is 18.4 Å². The fourth-order valence-corrected chi connectivity index (χ4v) is 5.44. The molecule has 1 heterocycles. The summed E-state index contributed by atoms with van der Waals surface area (Å²) in [5, 5.41) is 2.94. The zero-order valence-corrected chi connectivity index (χ0v) is 18.7. The van der Waals surface area contributed by atoms with Crippen molar-refractivity contribution in [2.45, 2.75) is 23.2 Å². The maximum atomic E-state index is 13.0. The zero-order valence-electron chi connectivity index (χ0n) is 16.3. The van der Waals surface area contributed by atoms with E-state index in [2.05, 4.69) is 26.1 Å². The van der Waals surface area contributed by atoms with Gasteiger partial charge in [-0.1, -0.05) is 34.1 Å². The predicted molar refractivity (Wildman–Crippen MR) is 116 cm³/mol. The molecule has 29 heavy (non-hydrogen) atoms. The number of nitrogens with one attached hydrogen (secondary N) is 1. The van der Waals surface area contributed by atoms with E-state index in [0.29, 0.717) is 31.9 Å². The van der Waals surface area contributed by atoms with Crippen molar-refractivity contribution in [3.8, 4) is 0 Å². The summed E-state index contributed by atoms with van der Waals surface area (Å²) >= 11 is 3.42. The van der Waals surface area contributed by atoms with Gasteiger partial charge >= 0.3 is 0 Å². The number of benzene rings is 2. The first-order valence-corrected chi connectivity index (χ1v) is 11.9. The van der Waals surface area contributed by atoms with Gasteiger partial charge in [-0.25, -0.2) is 8.42 Å². The molecule has 1 aliphatic heterocycles. The monoisotopic (exact) mass is 477 g/mol. The SMILES string of the molecule is CN1CCN(S(=O)(=O)c2cccc(NC(=O)C3(c4ccc(Br)cc4)CC3)c2)CC1. The highest BCUT2D eigenvalue weighted by atomic mass is 79.9. The largest absolute Gasteiger partial charge is 0.325 e. The third kappa shape index (κ3) is 4.12. The average molecular weight is 478 g/mol. The number of piperazine rings is 1. The van der Waals surface area contributed by atoms with E-state index in [0.717, 1.165) is 22.9 Å². The Hall–Kier alpha value is -1.74. The lowest BCUT2D eigenvalue weighted by atomic mass is 9.95. The van der Waals surface area contributed by atoms with Crippen LogP contribution in [0.15, 0.2) is 57.9 Å². The molecule has 0 radical (unpaired) electrons. The number of carbonyl (C=O) groups excluding carboxylic acids is 1. The minimum absolute atomic E-state index is 0.0889. The molecule has 0 unspecified atom stereocenters. The number of amides is 1. The number of nitrogens with zero attached hydrogens (tertiary/aromatic N) is 2. The summed E-state index contributed by atoms with van der Waals surface area (Å²) in [5.41, 5.74) is 0.973. The minimum atomic E-state index is -3.57. The predicted octanol–water partition coefficient (Wildman–Crippen LogP) is 3.06. The lowest BCUT2D eigenvalue weighted by molar-refractivity contribution is -0.118. The average Bonchev–Trinajstić information content (AvgIpc) is 3.51. The van der Waals surface area contributed by atoms with E-state index in [1.807, 2.05) is 31.3 Å². The number of hydrogen-bond donors (Lipinski definition) is 1. The van der Waals surface area contributed by atoms with Crippen LogP contribution in [-0.2, 0) is 20.2 Å². The fraction of sp³-hybridized carbons (Fsp3) is 0.381. The van der Waals surface area contributed by atoms with Crippen LogP contribution in [0.5, 0.6) is 0 Å². The Morgan fingerprint density at radius 3 is 2.31 bits per heavy atom.